The van der Waals surface area contributed by atoms with Crippen molar-refractivity contribution in [3.05, 3.63) is 66.5 Å². The molecule has 1 N–H and O–H groups in total. The van der Waals surface area contributed by atoms with Crippen LogP contribution in [0.5, 0.6) is 5.75 Å². The summed E-state index contributed by atoms with van der Waals surface area (Å²) in [6, 6.07) is 16.0. The van der Waals surface area contributed by atoms with Gasteiger partial charge in [-0.3, -0.25) is 0 Å². The van der Waals surface area contributed by atoms with Gasteiger partial charge in [0.1, 0.15) is 5.75 Å². The summed E-state index contributed by atoms with van der Waals surface area (Å²) in [7, 11) is 1.68. The number of aromatic nitrogens is 3. The first kappa shape index (κ1) is 13.2. The van der Waals surface area contributed by atoms with E-state index in [1.54, 1.807) is 18.0 Å². The summed E-state index contributed by atoms with van der Waals surface area (Å²) in [6.07, 6.45) is 3.49. The van der Waals surface area contributed by atoms with Crippen LogP contribution in [0.25, 0.3) is 5.69 Å². The second-order valence-electron chi connectivity index (χ2n) is 4.53. The third-order valence-corrected chi connectivity index (χ3v) is 3.24. The molecule has 5 heteroatoms. The highest BCUT2D eigenvalue weighted by atomic mass is 16.5. The van der Waals surface area contributed by atoms with Crippen LogP contribution >= 0.6 is 0 Å². The van der Waals surface area contributed by atoms with Gasteiger partial charge in [-0.25, -0.2) is 4.68 Å². The fraction of sp³-hybridized carbons (Fsp3) is 0.125. The summed E-state index contributed by atoms with van der Waals surface area (Å²) in [5.41, 5.74) is 3.06. The van der Waals surface area contributed by atoms with Crippen molar-refractivity contribution in [3.63, 3.8) is 0 Å². The largest absolute Gasteiger partial charge is 0.496 e. The zero-order chi connectivity index (χ0) is 14.5. The predicted molar refractivity (Wildman–Crippen MR) is 81.7 cm³/mol. The Morgan fingerprint density at radius 3 is 2.71 bits per heavy atom. The van der Waals surface area contributed by atoms with Crippen LogP contribution in [0, 0.1) is 0 Å². The van der Waals surface area contributed by atoms with Crippen LogP contribution in [0.4, 0.5) is 5.69 Å². The maximum Gasteiger partial charge on any atom is 0.123 e. The van der Waals surface area contributed by atoms with Crippen LogP contribution in [0.2, 0.25) is 0 Å². The van der Waals surface area contributed by atoms with Gasteiger partial charge in [0, 0.05) is 12.1 Å². The molecule has 0 atom stereocenters. The number of hydrogen-bond donors (Lipinski definition) is 1. The van der Waals surface area contributed by atoms with Crippen LogP contribution < -0.4 is 10.1 Å². The van der Waals surface area contributed by atoms with Gasteiger partial charge in [0.2, 0.25) is 0 Å². The molecule has 3 rings (SSSR count). The van der Waals surface area contributed by atoms with Gasteiger partial charge in [0.25, 0.3) is 0 Å². The molecular formula is C16H16N4O. The van der Waals surface area contributed by atoms with Crippen LogP contribution in [0.1, 0.15) is 5.56 Å². The van der Waals surface area contributed by atoms with Gasteiger partial charge >= 0.3 is 0 Å². The standard InChI is InChI=1S/C16H16N4O/c1-21-16-9-5-2-6-13(16)12-17-14-7-3-4-8-15(14)20-11-10-18-19-20/h2-11,17H,12H2,1H3. The third-order valence-electron chi connectivity index (χ3n) is 3.24. The van der Waals surface area contributed by atoms with E-state index in [9.17, 15) is 0 Å². The summed E-state index contributed by atoms with van der Waals surface area (Å²) in [4.78, 5) is 0. The molecule has 0 aliphatic carbocycles. The van der Waals surface area contributed by atoms with Crippen LogP contribution in [-0.4, -0.2) is 22.1 Å². The van der Waals surface area contributed by atoms with Crippen molar-refractivity contribution in [3.8, 4) is 11.4 Å². The zero-order valence-electron chi connectivity index (χ0n) is 11.7. The zero-order valence-corrected chi connectivity index (χ0v) is 11.7. The molecule has 0 radical (unpaired) electrons. The van der Waals surface area contributed by atoms with E-state index in [0.717, 1.165) is 22.7 Å². The fourth-order valence-electron chi connectivity index (χ4n) is 2.20. The highest BCUT2D eigenvalue weighted by molar-refractivity contribution is 5.60. The number of para-hydroxylation sites is 3. The van der Waals surface area contributed by atoms with Gasteiger partial charge in [-0.2, -0.15) is 0 Å². The lowest BCUT2D eigenvalue weighted by molar-refractivity contribution is 0.410. The summed E-state index contributed by atoms with van der Waals surface area (Å²) in [5, 5.41) is 11.3. The maximum atomic E-state index is 5.37. The molecule has 106 valence electrons. The normalized spacial score (nSPS) is 10.3. The molecule has 5 nitrogen and oxygen atoms in total. The van der Waals surface area contributed by atoms with Gasteiger partial charge in [-0.1, -0.05) is 35.5 Å². The molecule has 0 spiro atoms. The van der Waals surface area contributed by atoms with Crippen molar-refractivity contribution in [1.29, 1.82) is 0 Å². The summed E-state index contributed by atoms with van der Waals surface area (Å²) in [5.74, 6) is 0.878. The maximum absolute atomic E-state index is 5.37. The number of ether oxygens (including phenoxy) is 1. The van der Waals surface area contributed by atoms with E-state index < -0.39 is 0 Å². The van der Waals surface area contributed by atoms with E-state index in [1.165, 1.54) is 0 Å². The quantitative estimate of drug-likeness (QED) is 0.780. The van der Waals surface area contributed by atoms with E-state index in [-0.39, 0.29) is 0 Å². The Hall–Kier alpha value is -2.82. The van der Waals surface area contributed by atoms with Gasteiger partial charge in [-0.15, -0.1) is 5.10 Å². The molecule has 2 aromatic carbocycles. The summed E-state index contributed by atoms with van der Waals surface area (Å²) < 4.78 is 7.11. The Labute approximate surface area is 123 Å². The Balaban J connectivity index is 1.83. The van der Waals surface area contributed by atoms with Crippen molar-refractivity contribution < 1.29 is 4.74 Å². The number of anilines is 1. The molecule has 0 aliphatic rings. The van der Waals surface area contributed by atoms with Gasteiger partial charge in [0.05, 0.1) is 30.9 Å². The number of nitrogens with one attached hydrogen (secondary N) is 1. The average Bonchev–Trinajstić information content (AvgIpc) is 3.08. The number of nitrogens with zero attached hydrogens (tertiary/aromatic N) is 3. The van der Waals surface area contributed by atoms with E-state index in [4.69, 9.17) is 4.74 Å². The van der Waals surface area contributed by atoms with Crippen molar-refractivity contribution in [2.24, 2.45) is 0 Å². The topological polar surface area (TPSA) is 52.0 Å². The van der Waals surface area contributed by atoms with E-state index in [2.05, 4.69) is 15.6 Å². The number of methoxy groups -OCH3 is 1. The van der Waals surface area contributed by atoms with Crippen LogP contribution in [0.3, 0.4) is 0 Å². The second-order valence-corrected chi connectivity index (χ2v) is 4.53. The highest BCUT2D eigenvalue weighted by Crippen LogP contribution is 2.22. The van der Waals surface area contributed by atoms with Crippen molar-refractivity contribution in [1.82, 2.24) is 15.0 Å². The average molecular weight is 280 g/mol. The first-order chi connectivity index (χ1) is 10.4. The molecule has 0 amide bonds. The lowest BCUT2D eigenvalue weighted by atomic mass is 10.2. The SMILES string of the molecule is COc1ccccc1CNc1ccccc1-n1ccnn1. The smallest absolute Gasteiger partial charge is 0.123 e. The number of hydrogen-bond acceptors (Lipinski definition) is 4. The van der Waals surface area contributed by atoms with Crippen molar-refractivity contribution in [2.45, 2.75) is 6.54 Å². The third kappa shape index (κ3) is 2.86. The molecule has 21 heavy (non-hydrogen) atoms. The summed E-state index contributed by atoms with van der Waals surface area (Å²) >= 11 is 0. The molecule has 0 saturated carbocycles. The van der Waals surface area contributed by atoms with Gasteiger partial charge in [-0.05, 0) is 18.2 Å². The molecule has 0 bridgehead atoms. The van der Waals surface area contributed by atoms with Gasteiger partial charge < -0.3 is 10.1 Å². The molecule has 0 aliphatic heterocycles. The Bertz CT molecular complexity index is 710. The van der Waals surface area contributed by atoms with Gasteiger partial charge in [0.15, 0.2) is 0 Å². The van der Waals surface area contributed by atoms with Crippen molar-refractivity contribution in [2.75, 3.05) is 12.4 Å². The van der Waals surface area contributed by atoms with Crippen molar-refractivity contribution >= 4 is 5.69 Å². The lowest BCUT2D eigenvalue weighted by Gasteiger charge is -2.13. The second kappa shape index (κ2) is 6.09. The lowest BCUT2D eigenvalue weighted by Crippen LogP contribution is -2.06. The fourth-order valence-corrected chi connectivity index (χ4v) is 2.20. The Kier molecular flexibility index (Phi) is 3.82. The molecule has 0 fully saturated rings. The van der Waals surface area contributed by atoms with E-state index in [0.29, 0.717) is 6.54 Å². The number of benzene rings is 2. The van der Waals surface area contributed by atoms with E-state index in [1.807, 2.05) is 54.7 Å². The summed E-state index contributed by atoms with van der Waals surface area (Å²) in [6.45, 7) is 0.676. The first-order valence-electron chi connectivity index (χ1n) is 6.70. The van der Waals surface area contributed by atoms with Crippen LogP contribution in [0.15, 0.2) is 60.9 Å². The minimum absolute atomic E-state index is 0.676. The van der Waals surface area contributed by atoms with Crippen LogP contribution in [-0.2, 0) is 6.54 Å². The Morgan fingerprint density at radius 2 is 1.90 bits per heavy atom. The molecular weight excluding hydrogens is 264 g/mol. The predicted octanol–water partition coefficient (Wildman–Crippen LogP) is 2.89. The first-order valence-corrected chi connectivity index (χ1v) is 6.70. The highest BCUT2D eigenvalue weighted by Gasteiger charge is 2.06. The number of rotatable bonds is 5. The molecule has 0 saturated heterocycles. The molecule has 1 heterocycles. The molecule has 1 aromatic heterocycles. The van der Waals surface area contributed by atoms with E-state index >= 15 is 0 Å². The molecule has 0 unspecified atom stereocenters. The minimum atomic E-state index is 0.676. The monoisotopic (exact) mass is 280 g/mol. The molecule has 3 aromatic rings. The Morgan fingerprint density at radius 1 is 1.10 bits per heavy atom. The minimum Gasteiger partial charge on any atom is -0.496 e.